The molecule has 0 heterocycles. The Kier molecular flexibility index (Phi) is 4.06. The Balaban J connectivity index is 1.90. The molecule has 1 nitrogen and oxygen atoms in total. The molecule has 0 saturated heterocycles. The Morgan fingerprint density at radius 3 is 2.56 bits per heavy atom. The zero-order valence-electron chi connectivity index (χ0n) is 11.7. The molecule has 0 bridgehead atoms. The van der Waals surface area contributed by atoms with Crippen molar-refractivity contribution in [1.29, 1.82) is 0 Å². The zero-order chi connectivity index (χ0) is 13.2. The highest BCUT2D eigenvalue weighted by molar-refractivity contribution is 5.19. The Bertz CT molecular complexity index is 390. The van der Waals surface area contributed by atoms with Gasteiger partial charge < -0.3 is 5.32 Å². The van der Waals surface area contributed by atoms with Gasteiger partial charge in [0, 0.05) is 12.1 Å². The lowest BCUT2D eigenvalue weighted by atomic mass is 9.75. The third-order valence-corrected chi connectivity index (χ3v) is 4.17. The predicted octanol–water partition coefficient (Wildman–Crippen LogP) is 4.45. The van der Waals surface area contributed by atoms with E-state index in [1.54, 1.807) is 12.1 Å². The summed E-state index contributed by atoms with van der Waals surface area (Å²) < 4.78 is 13.2. The molecule has 0 radical (unpaired) electrons. The van der Waals surface area contributed by atoms with Crippen LogP contribution in [0.3, 0.4) is 0 Å². The third-order valence-electron chi connectivity index (χ3n) is 4.17. The van der Waals surface area contributed by atoms with E-state index in [0.29, 0.717) is 11.5 Å². The summed E-state index contributed by atoms with van der Waals surface area (Å²) in [6.45, 7) is 6.81. The summed E-state index contributed by atoms with van der Waals surface area (Å²) in [5.41, 5.74) is 1.54. The van der Waals surface area contributed by atoms with Crippen LogP contribution in [0.5, 0.6) is 0 Å². The second kappa shape index (κ2) is 5.40. The van der Waals surface area contributed by atoms with Crippen LogP contribution in [-0.4, -0.2) is 6.04 Å². The van der Waals surface area contributed by atoms with Crippen LogP contribution in [0.25, 0.3) is 0 Å². The summed E-state index contributed by atoms with van der Waals surface area (Å²) in [6.07, 6.45) is 5.01. The Morgan fingerprint density at radius 2 is 1.94 bits per heavy atom. The molecule has 1 fully saturated rings. The van der Waals surface area contributed by atoms with E-state index < -0.39 is 0 Å². The van der Waals surface area contributed by atoms with E-state index >= 15 is 0 Å². The van der Waals surface area contributed by atoms with Crippen molar-refractivity contribution in [1.82, 2.24) is 5.32 Å². The van der Waals surface area contributed by atoms with Crippen molar-refractivity contribution in [3.63, 3.8) is 0 Å². The largest absolute Gasteiger partial charge is 0.307 e. The number of benzene rings is 1. The molecule has 1 saturated carbocycles. The van der Waals surface area contributed by atoms with Gasteiger partial charge in [-0.1, -0.05) is 26.0 Å². The summed E-state index contributed by atoms with van der Waals surface area (Å²) in [5.74, 6) is -0.147. The van der Waals surface area contributed by atoms with Crippen LogP contribution in [0, 0.1) is 11.2 Å². The highest BCUT2D eigenvalue weighted by Gasteiger charge is 2.27. The van der Waals surface area contributed by atoms with Gasteiger partial charge in [0.25, 0.3) is 0 Å². The first-order chi connectivity index (χ1) is 8.46. The Hall–Kier alpha value is -0.890. The molecule has 2 rings (SSSR count). The topological polar surface area (TPSA) is 12.0 Å². The van der Waals surface area contributed by atoms with Crippen LogP contribution in [0.15, 0.2) is 24.3 Å². The van der Waals surface area contributed by atoms with Crippen LogP contribution in [0.2, 0.25) is 0 Å². The number of halogens is 1. The van der Waals surface area contributed by atoms with Gasteiger partial charge in [-0.15, -0.1) is 0 Å². The predicted molar refractivity (Wildman–Crippen MR) is 74.0 cm³/mol. The van der Waals surface area contributed by atoms with Crippen molar-refractivity contribution in [2.75, 3.05) is 0 Å². The fraction of sp³-hybridized carbons (Fsp3) is 0.625. The number of hydrogen-bond donors (Lipinski definition) is 1. The molecular weight excluding hydrogens is 225 g/mol. The average molecular weight is 249 g/mol. The first-order valence-corrected chi connectivity index (χ1v) is 6.98. The van der Waals surface area contributed by atoms with Crippen molar-refractivity contribution in [3.8, 4) is 0 Å². The highest BCUT2D eigenvalue weighted by Crippen LogP contribution is 2.35. The van der Waals surface area contributed by atoms with Crippen LogP contribution in [0.1, 0.15) is 58.1 Å². The van der Waals surface area contributed by atoms with Crippen LogP contribution >= 0.6 is 0 Å². The molecule has 0 unspecified atom stereocenters. The molecule has 1 aromatic rings. The van der Waals surface area contributed by atoms with Gasteiger partial charge in [-0.05, 0) is 55.7 Å². The van der Waals surface area contributed by atoms with Crippen LogP contribution < -0.4 is 5.32 Å². The molecule has 0 aromatic heterocycles. The summed E-state index contributed by atoms with van der Waals surface area (Å²) in [6, 6.07) is 7.72. The lowest BCUT2D eigenvalue weighted by Crippen LogP contribution is -2.37. The molecule has 1 N–H and O–H groups in total. The van der Waals surface area contributed by atoms with E-state index in [9.17, 15) is 4.39 Å². The molecular formula is C16H24FN. The maximum Gasteiger partial charge on any atom is 0.123 e. The zero-order valence-corrected chi connectivity index (χ0v) is 11.7. The molecule has 0 amide bonds. The van der Waals surface area contributed by atoms with Gasteiger partial charge in [0.15, 0.2) is 0 Å². The van der Waals surface area contributed by atoms with E-state index in [1.807, 2.05) is 6.07 Å². The number of nitrogens with one attached hydrogen (secondary N) is 1. The van der Waals surface area contributed by atoms with Gasteiger partial charge in [0.05, 0.1) is 0 Å². The molecule has 1 aromatic carbocycles. The molecule has 2 heteroatoms. The highest BCUT2D eigenvalue weighted by atomic mass is 19.1. The van der Waals surface area contributed by atoms with Gasteiger partial charge in [-0.2, -0.15) is 0 Å². The average Bonchev–Trinajstić information content (AvgIpc) is 2.32. The maximum absolute atomic E-state index is 13.2. The van der Waals surface area contributed by atoms with Gasteiger partial charge in [-0.3, -0.25) is 0 Å². The number of hydrogen-bond acceptors (Lipinski definition) is 1. The summed E-state index contributed by atoms with van der Waals surface area (Å²) in [4.78, 5) is 0. The molecule has 0 spiro atoms. The molecule has 1 aliphatic carbocycles. The fourth-order valence-electron chi connectivity index (χ4n) is 2.79. The smallest absolute Gasteiger partial charge is 0.123 e. The van der Waals surface area contributed by atoms with Gasteiger partial charge in [-0.25, -0.2) is 4.39 Å². The lowest BCUT2D eigenvalue weighted by Gasteiger charge is -2.36. The minimum Gasteiger partial charge on any atom is -0.307 e. The molecule has 1 atom stereocenters. The van der Waals surface area contributed by atoms with E-state index in [-0.39, 0.29) is 11.9 Å². The molecule has 100 valence electrons. The van der Waals surface area contributed by atoms with Gasteiger partial charge >= 0.3 is 0 Å². The van der Waals surface area contributed by atoms with E-state index in [1.165, 1.54) is 31.7 Å². The molecule has 1 aliphatic rings. The minimum atomic E-state index is -0.147. The lowest BCUT2D eigenvalue weighted by molar-refractivity contribution is 0.200. The van der Waals surface area contributed by atoms with Gasteiger partial charge in [0.1, 0.15) is 5.82 Å². The van der Waals surface area contributed by atoms with Crippen LogP contribution in [0.4, 0.5) is 4.39 Å². The van der Waals surface area contributed by atoms with Crippen molar-refractivity contribution < 1.29 is 4.39 Å². The second-order valence-corrected chi connectivity index (χ2v) is 6.38. The Morgan fingerprint density at radius 1 is 1.28 bits per heavy atom. The third kappa shape index (κ3) is 3.55. The van der Waals surface area contributed by atoms with Crippen molar-refractivity contribution >= 4 is 0 Å². The Labute approximate surface area is 110 Å². The normalized spacial score (nSPS) is 21.8. The SMILES string of the molecule is C[C@H](NC1CCC(C)(C)CC1)c1cccc(F)c1. The van der Waals surface area contributed by atoms with Crippen molar-refractivity contribution in [2.45, 2.75) is 58.5 Å². The first kappa shape index (κ1) is 13.5. The van der Waals surface area contributed by atoms with E-state index in [0.717, 1.165) is 5.56 Å². The molecule has 18 heavy (non-hydrogen) atoms. The summed E-state index contributed by atoms with van der Waals surface area (Å²) in [5, 5.41) is 3.63. The fourth-order valence-corrected chi connectivity index (χ4v) is 2.79. The maximum atomic E-state index is 13.2. The quantitative estimate of drug-likeness (QED) is 0.834. The summed E-state index contributed by atoms with van der Waals surface area (Å²) >= 11 is 0. The van der Waals surface area contributed by atoms with Crippen molar-refractivity contribution in [3.05, 3.63) is 35.6 Å². The minimum absolute atomic E-state index is 0.147. The number of rotatable bonds is 3. The molecule has 0 aliphatic heterocycles. The van der Waals surface area contributed by atoms with E-state index in [2.05, 4.69) is 26.1 Å². The summed E-state index contributed by atoms with van der Waals surface area (Å²) in [7, 11) is 0. The second-order valence-electron chi connectivity index (χ2n) is 6.38. The van der Waals surface area contributed by atoms with Crippen molar-refractivity contribution in [2.24, 2.45) is 5.41 Å². The van der Waals surface area contributed by atoms with Gasteiger partial charge in [0.2, 0.25) is 0 Å². The van der Waals surface area contributed by atoms with Crippen LogP contribution in [-0.2, 0) is 0 Å². The monoisotopic (exact) mass is 249 g/mol. The standard InChI is InChI=1S/C16H24FN/c1-12(13-5-4-6-14(17)11-13)18-15-7-9-16(2,3)10-8-15/h4-6,11-12,15,18H,7-10H2,1-3H3/t12-/m0/s1. The first-order valence-electron chi connectivity index (χ1n) is 6.98. The van der Waals surface area contributed by atoms with E-state index in [4.69, 9.17) is 0 Å².